The predicted octanol–water partition coefficient (Wildman–Crippen LogP) is 2.94. The number of unbranched alkanes of at least 4 members (excludes halogenated alkanes) is 10. The lowest BCUT2D eigenvalue weighted by Gasteiger charge is -2.43. The van der Waals surface area contributed by atoms with E-state index in [1.807, 2.05) is 0 Å². The molecule has 168 valence electrons. The molecular weight excluding hydrogens is 360 g/mol. The Morgan fingerprint density at radius 2 is 0.750 bits per heavy atom. The number of ether oxygens (including phenoxy) is 2. The van der Waals surface area contributed by atoms with Crippen LogP contribution in [0.5, 0.6) is 0 Å². The fourth-order valence-electron chi connectivity index (χ4n) is 3.78. The van der Waals surface area contributed by atoms with Crippen LogP contribution in [0.25, 0.3) is 0 Å². The van der Waals surface area contributed by atoms with Gasteiger partial charge < -0.3 is 29.9 Å². The van der Waals surface area contributed by atoms with E-state index in [0.29, 0.717) is 13.2 Å². The quantitative estimate of drug-likeness (QED) is 0.295. The van der Waals surface area contributed by atoms with Gasteiger partial charge in [-0.05, 0) is 12.8 Å². The molecule has 0 aliphatic heterocycles. The highest BCUT2D eigenvalue weighted by Gasteiger charge is 2.50. The molecule has 6 atom stereocenters. The summed E-state index contributed by atoms with van der Waals surface area (Å²) in [4.78, 5) is 0. The molecule has 1 fully saturated rings. The summed E-state index contributed by atoms with van der Waals surface area (Å²) in [5.41, 5.74) is 0. The monoisotopic (exact) mass is 404 g/mol. The lowest BCUT2D eigenvalue weighted by molar-refractivity contribution is -0.246. The van der Waals surface area contributed by atoms with Crippen molar-refractivity contribution in [2.75, 3.05) is 13.2 Å². The van der Waals surface area contributed by atoms with E-state index in [9.17, 15) is 20.4 Å². The fraction of sp³-hybridized carbons (Fsp3) is 1.00. The fourth-order valence-corrected chi connectivity index (χ4v) is 3.78. The van der Waals surface area contributed by atoms with Crippen molar-refractivity contribution in [3.8, 4) is 0 Å². The maximum absolute atomic E-state index is 10.3. The van der Waals surface area contributed by atoms with Gasteiger partial charge in [-0.2, -0.15) is 0 Å². The molecule has 0 aromatic carbocycles. The van der Waals surface area contributed by atoms with Gasteiger partial charge in [0.05, 0.1) is 0 Å². The summed E-state index contributed by atoms with van der Waals surface area (Å²) in [6.45, 7) is 5.15. The van der Waals surface area contributed by atoms with Crippen molar-refractivity contribution < 1.29 is 29.9 Å². The lowest BCUT2D eigenvalue weighted by atomic mass is 9.84. The first-order valence-electron chi connectivity index (χ1n) is 11.5. The number of aliphatic hydroxyl groups excluding tert-OH is 4. The smallest absolute Gasteiger partial charge is 0.114 e. The van der Waals surface area contributed by atoms with Crippen molar-refractivity contribution in [2.45, 2.75) is 128 Å². The zero-order valence-electron chi connectivity index (χ0n) is 18.0. The van der Waals surface area contributed by atoms with Gasteiger partial charge in [-0.25, -0.2) is 0 Å². The van der Waals surface area contributed by atoms with Gasteiger partial charge in [0.15, 0.2) is 0 Å². The molecule has 0 aromatic rings. The molecule has 6 heteroatoms. The van der Waals surface area contributed by atoms with E-state index in [0.717, 1.165) is 38.5 Å². The highest BCUT2D eigenvalue weighted by molar-refractivity contribution is 5.00. The summed E-state index contributed by atoms with van der Waals surface area (Å²) in [6, 6.07) is 0. The Hall–Kier alpha value is -0.240. The normalized spacial score (nSPS) is 30.6. The molecule has 0 amide bonds. The molecule has 0 radical (unpaired) electrons. The summed E-state index contributed by atoms with van der Waals surface area (Å²) < 4.78 is 11.2. The van der Waals surface area contributed by atoms with Crippen LogP contribution in [0, 0.1) is 0 Å². The van der Waals surface area contributed by atoms with Gasteiger partial charge in [-0.3, -0.25) is 0 Å². The molecule has 1 aliphatic carbocycles. The van der Waals surface area contributed by atoms with Crippen molar-refractivity contribution >= 4 is 0 Å². The molecule has 1 rings (SSSR count). The predicted molar refractivity (Wildman–Crippen MR) is 110 cm³/mol. The van der Waals surface area contributed by atoms with Crippen molar-refractivity contribution in [1.82, 2.24) is 0 Å². The molecule has 1 aliphatic rings. The highest BCUT2D eigenvalue weighted by atomic mass is 16.5. The average Bonchev–Trinajstić information content (AvgIpc) is 2.69. The first-order valence-corrected chi connectivity index (χ1v) is 11.5. The third kappa shape index (κ3) is 9.06. The molecule has 0 saturated heterocycles. The molecule has 6 nitrogen and oxygen atoms in total. The SMILES string of the molecule is CCCCCCCCO[C@H]1[C@H](O)[C@@H](O)[C@H](OCCCCCCCC)[C@@H](O)[C@H]1O. The van der Waals surface area contributed by atoms with E-state index >= 15 is 0 Å². The minimum atomic E-state index is -1.27. The van der Waals surface area contributed by atoms with E-state index in [1.54, 1.807) is 0 Å². The van der Waals surface area contributed by atoms with E-state index in [2.05, 4.69) is 13.8 Å². The van der Waals surface area contributed by atoms with Gasteiger partial charge in [0.2, 0.25) is 0 Å². The summed E-state index contributed by atoms with van der Waals surface area (Å²) in [7, 11) is 0. The average molecular weight is 405 g/mol. The van der Waals surface area contributed by atoms with Gasteiger partial charge >= 0.3 is 0 Å². The molecule has 0 aromatic heterocycles. The van der Waals surface area contributed by atoms with Crippen LogP contribution in [-0.2, 0) is 9.47 Å². The van der Waals surface area contributed by atoms with E-state index < -0.39 is 36.6 Å². The molecule has 1 saturated carbocycles. The van der Waals surface area contributed by atoms with Crippen LogP contribution in [0.15, 0.2) is 0 Å². The largest absolute Gasteiger partial charge is 0.387 e. The topological polar surface area (TPSA) is 99.4 Å². The van der Waals surface area contributed by atoms with Crippen LogP contribution in [0.2, 0.25) is 0 Å². The first kappa shape index (κ1) is 25.8. The minimum absolute atomic E-state index is 0.396. The minimum Gasteiger partial charge on any atom is -0.387 e. The van der Waals surface area contributed by atoms with Crippen LogP contribution in [0.4, 0.5) is 0 Å². The van der Waals surface area contributed by atoms with Crippen LogP contribution in [-0.4, -0.2) is 70.3 Å². The highest BCUT2D eigenvalue weighted by Crippen LogP contribution is 2.26. The Balaban J connectivity index is 2.30. The van der Waals surface area contributed by atoms with Crippen molar-refractivity contribution in [1.29, 1.82) is 0 Å². The van der Waals surface area contributed by atoms with Crippen LogP contribution in [0.3, 0.4) is 0 Å². The van der Waals surface area contributed by atoms with Crippen molar-refractivity contribution in [2.24, 2.45) is 0 Å². The van der Waals surface area contributed by atoms with Crippen molar-refractivity contribution in [3.63, 3.8) is 0 Å². The van der Waals surface area contributed by atoms with Gasteiger partial charge in [0, 0.05) is 13.2 Å². The van der Waals surface area contributed by atoms with Gasteiger partial charge in [-0.1, -0.05) is 78.1 Å². The van der Waals surface area contributed by atoms with E-state index in [1.165, 1.54) is 38.5 Å². The second-order valence-electron chi connectivity index (χ2n) is 8.17. The maximum atomic E-state index is 10.3. The zero-order valence-corrected chi connectivity index (χ0v) is 18.0. The lowest BCUT2D eigenvalue weighted by Crippen LogP contribution is -2.65. The Morgan fingerprint density at radius 1 is 0.464 bits per heavy atom. The van der Waals surface area contributed by atoms with Crippen LogP contribution >= 0.6 is 0 Å². The Bertz CT molecular complexity index is 317. The number of aliphatic hydroxyl groups is 4. The molecule has 0 heterocycles. The third-order valence-corrected chi connectivity index (χ3v) is 5.66. The van der Waals surface area contributed by atoms with Gasteiger partial charge in [-0.15, -0.1) is 0 Å². The van der Waals surface area contributed by atoms with Crippen LogP contribution < -0.4 is 0 Å². The Labute approximate surface area is 171 Å². The van der Waals surface area contributed by atoms with Gasteiger partial charge in [0.25, 0.3) is 0 Å². The Morgan fingerprint density at radius 3 is 1.07 bits per heavy atom. The maximum Gasteiger partial charge on any atom is 0.114 e. The molecule has 28 heavy (non-hydrogen) atoms. The summed E-state index contributed by atoms with van der Waals surface area (Å²) in [5, 5.41) is 41.4. The molecule has 0 bridgehead atoms. The number of hydrogen-bond donors (Lipinski definition) is 4. The van der Waals surface area contributed by atoms with E-state index in [-0.39, 0.29) is 0 Å². The molecule has 0 unspecified atom stereocenters. The summed E-state index contributed by atoms with van der Waals surface area (Å²) in [5.74, 6) is 0. The number of rotatable bonds is 16. The number of hydrogen-bond acceptors (Lipinski definition) is 6. The first-order chi connectivity index (χ1) is 13.5. The summed E-state index contributed by atoms with van der Waals surface area (Å²) in [6.07, 6.45) is 6.27. The Kier molecular flexibility index (Phi) is 14.4. The zero-order chi connectivity index (χ0) is 20.8. The second kappa shape index (κ2) is 15.6. The summed E-state index contributed by atoms with van der Waals surface area (Å²) >= 11 is 0. The standard InChI is InChI=1S/C22H44O6/c1-3-5-7-9-11-13-15-27-21-17(23)19(25)22(20(26)18(21)24)28-16-14-12-10-8-6-4-2/h17-26H,3-16H2,1-2H3/t17-,18-,19-,20+,21+,22+/m1/s1. The molecule has 0 spiro atoms. The van der Waals surface area contributed by atoms with Crippen molar-refractivity contribution in [3.05, 3.63) is 0 Å². The van der Waals surface area contributed by atoms with E-state index in [4.69, 9.17) is 9.47 Å². The second-order valence-corrected chi connectivity index (χ2v) is 8.17. The van der Waals surface area contributed by atoms with Crippen LogP contribution in [0.1, 0.15) is 90.9 Å². The molecular formula is C22H44O6. The molecule has 4 N–H and O–H groups in total. The van der Waals surface area contributed by atoms with Gasteiger partial charge in [0.1, 0.15) is 36.6 Å². The third-order valence-electron chi connectivity index (χ3n) is 5.66.